The van der Waals surface area contributed by atoms with E-state index >= 15 is 0 Å². The summed E-state index contributed by atoms with van der Waals surface area (Å²) in [6, 6.07) is 1.24. The van der Waals surface area contributed by atoms with Crippen LogP contribution in [0.15, 0.2) is 17.1 Å². The molecule has 142 valence electrons. The number of H-pyrrole nitrogens is 1. The molecule has 2 aromatic rings. The van der Waals surface area contributed by atoms with Gasteiger partial charge in [-0.3, -0.25) is 4.79 Å². The predicted molar refractivity (Wildman–Crippen MR) is 94.2 cm³/mol. The van der Waals surface area contributed by atoms with Crippen LogP contribution in [0.25, 0.3) is 5.65 Å². The third-order valence-corrected chi connectivity index (χ3v) is 3.68. The van der Waals surface area contributed by atoms with E-state index in [2.05, 4.69) is 10.1 Å². The van der Waals surface area contributed by atoms with E-state index in [1.165, 1.54) is 15.6 Å². The van der Waals surface area contributed by atoms with Gasteiger partial charge in [0, 0.05) is 13.1 Å². The van der Waals surface area contributed by atoms with Crippen LogP contribution in [0, 0.1) is 0 Å². The number of hydrogen-bond acceptors (Lipinski definition) is 6. The van der Waals surface area contributed by atoms with Crippen LogP contribution in [0.4, 0.5) is 4.79 Å². The summed E-state index contributed by atoms with van der Waals surface area (Å²) >= 11 is 0. The first-order valence-electron chi connectivity index (χ1n) is 8.29. The quantitative estimate of drug-likeness (QED) is 0.833. The van der Waals surface area contributed by atoms with Crippen molar-refractivity contribution in [1.29, 1.82) is 0 Å². The number of rotatable bonds is 4. The van der Waals surface area contributed by atoms with Crippen LogP contribution in [-0.2, 0) is 9.47 Å². The Morgan fingerprint density at radius 3 is 2.62 bits per heavy atom. The second-order valence-corrected chi connectivity index (χ2v) is 6.88. The molecule has 1 amide bonds. The summed E-state index contributed by atoms with van der Waals surface area (Å²) in [5, 5.41) is 4.35. The molecule has 9 heteroatoms. The molecule has 1 atom stereocenters. The van der Waals surface area contributed by atoms with Crippen LogP contribution in [0.3, 0.4) is 0 Å². The van der Waals surface area contributed by atoms with Gasteiger partial charge in [-0.25, -0.2) is 14.1 Å². The molecule has 0 unspecified atom stereocenters. The van der Waals surface area contributed by atoms with Crippen molar-refractivity contribution in [1.82, 2.24) is 19.5 Å². The van der Waals surface area contributed by atoms with Crippen LogP contribution in [0.1, 0.15) is 56.7 Å². The van der Waals surface area contributed by atoms with Gasteiger partial charge in [-0.1, -0.05) is 0 Å². The maximum Gasteiger partial charge on any atom is 0.410 e. The van der Waals surface area contributed by atoms with Gasteiger partial charge in [-0.15, -0.1) is 0 Å². The van der Waals surface area contributed by atoms with Crippen molar-refractivity contribution >= 4 is 17.7 Å². The number of esters is 1. The molecule has 0 saturated heterocycles. The fraction of sp³-hybridized carbons (Fsp3) is 0.529. The zero-order chi connectivity index (χ0) is 19.6. The fourth-order valence-corrected chi connectivity index (χ4v) is 2.22. The molecule has 0 aliphatic carbocycles. The second-order valence-electron chi connectivity index (χ2n) is 6.88. The van der Waals surface area contributed by atoms with Crippen LogP contribution in [0.2, 0.25) is 0 Å². The van der Waals surface area contributed by atoms with Gasteiger partial charge in [0.1, 0.15) is 16.8 Å². The zero-order valence-electron chi connectivity index (χ0n) is 15.8. The van der Waals surface area contributed by atoms with E-state index in [9.17, 15) is 14.4 Å². The van der Waals surface area contributed by atoms with Crippen LogP contribution >= 0.6 is 0 Å². The van der Waals surface area contributed by atoms with Crippen LogP contribution in [-0.4, -0.2) is 50.8 Å². The first-order chi connectivity index (χ1) is 12.0. The Morgan fingerprint density at radius 1 is 1.38 bits per heavy atom. The number of amides is 1. The Bertz CT molecular complexity index is 877. The van der Waals surface area contributed by atoms with Crippen molar-refractivity contribution < 1.29 is 19.1 Å². The molecule has 0 saturated carbocycles. The van der Waals surface area contributed by atoms with E-state index in [4.69, 9.17) is 9.47 Å². The molecule has 26 heavy (non-hydrogen) atoms. The number of ether oxygens (including phenoxy) is 2. The standard InChI is InChI=1S/C17H24N4O5/c1-7-25-15(23)11-9-21-13(18-14(11)22)8-12(19-21)10(2)20(6)16(24)26-17(3,4)5/h8-10H,7H2,1-6H3,(H,18,22)/t10-/m0/s1. The molecule has 2 aromatic heterocycles. The highest BCUT2D eigenvalue weighted by atomic mass is 16.6. The third kappa shape index (κ3) is 4.22. The van der Waals surface area contributed by atoms with Gasteiger partial charge < -0.3 is 19.4 Å². The normalized spacial score (nSPS) is 12.7. The fourth-order valence-electron chi connectivity index (χ4n) is 2.22. The van der Waals surface area contributed by atoms with Crippen LogP contribution < -0.4 is 5.56 Å². The molecule has 0 aromatic carbocycles. The number of hydrogen-bond donors (Lipinski definition) is 1. The van der Waals surface area contributed by atoms with Gasteiger partial charge in [0.25, 0.3) is 5.56 Å². The third-order valence-electron chi connectivity index (χ3n) is 3.68. The lowest BCUT2D eigenvalue weighted by Gasteiger charge is -2.27. The summed E-state index contributed by atoms with van der Waals surface area (Å²) in [7, 11) is 1.61. The van der Waals surface area contributed by atoms with Crippen molar-refractivity contribution in [3.05, 3.63) is 33.9 Å². The molecule has 0 fully saturated rings. The average Bonchev–Trinajstić information content (AvgIpc) is 2.93. The maximum absolute atomic E-state index is 12.2. The Labute approximate surface area is 150 Å². The molecule has 0 spiro atoms. The van der Waals surface area contributed by atoms with Gasteiger partial charge in [0.15, 0.2) is 0 Å². The lowest BCUT2D eigenvalue weighted by Crippen LogP contribution is -2.35. The SMILES string of the molecule is CCOC(=O)c1cn2nc([C@H](C)N(C)C(=O)OC(C)(C)C)cc2[nH]c1=O. The van der Waals surface area contributed by atoms with Crippen molar-refractivity contribution in [3.63, 3.8) is 0 Å². The molecule has 0 bridgehead atoms. The number of carbonyl (C=O) groups excluding carboxylic acids is 2. The Hall–Kier alpha value is -2.84. The number of nitrogens with one attached hydrogen (secondary N) is 1. The summed E-state index contributed by atoms with van der Waals surface area (Å²) in [5.74, 6) is -0.716. The first-order valence-corrected chi connectivity index (χ1v) is 8.29. The molecular formula is C17H24N4O5. The van der Waals surface area contributed by atoms with Gasteiger partial charge in [-0.2, -0.15) is 5.10 Å². The summed E-state index contributed by atoms with van der Waals surface area (Å²) in [6.45, 7) is 8.97. The van der Waals surface area contributed by atoms with Crippen molar-refractivity contribution in [2.75, 3.05) is 13.7 Å². The van der Waals surface area contributed by atoms with Crippen molar-refractivity contribution in [2.45, 2.75) is 46.3 Å². The van der Waals surface area contributed by atoms with E-state index in [1.807, 2.05) is 0 Å². The lowest BCUT2D eigenvalue weighted by atomic mass is 10.2. The smallest absolute Gasteiger partial charge is 0.410 e. The Kier molecular flexibility index (Phi) is 5.38. The maximum atomic E-state index is 12.2. The topological polar surface area (TPSA) is 106 Å². The Morgan fingerprint density at radius 2 is 2.04 bits per heavy atom. The minimum absolute atomic E-state index is 0.137. The van der Waals surface area contributed by atoms with E-state index < -0.39 is 29.3 Å². The van der Waals surface area contributed by atoms with Crippen molar-refractivity contribution in [2.24, 2.45) is 0 Å². The molecule has 0 radical (unpaired) electrons. The first kappa shape index (κ1) is 19.5. The molecule has 0 aliphatic heterocycles. The minimum Gasteiger partial charge on any atom is -0.462 e. The van der Waals surface area contributed by atoms with Crippen LogP contribution in [0.5, 0.6) is 0 Å². The summed E-state index contributed by atoms with van der Waals surface area (Å²) in [5.41, 5.74) is -0.362. The average molecular weight is 364 g/mol. The summed E-state index contributed by atoms with van der Waals surface area (Å²) in [6.07, 6.45) is 0.832. The van der Waals surface area contributed by atoms with E-state index in [-0.39, 0.29) is 12.2 Å². The zero-order valence-corrected chi connectivity index (χ0v) is 15.8. The molecule has 2 rings (SSSR count). The molecule has 2 heterocycles. The predicted octanol–water partition coefficient (Wildman–Crippen LogP) is 2.13. The highest BCUT2D eigenvalue weighted by Crippen LogP contribution is 2.21. The van der Waals surface area contributed by atoms with E-state index in [1.54, 1.807) is 47.7 Å². The van der Waals surface area contributed by atoms with Gasteiger partial charge in [0.2, 0.25) is 0 Å². The lowest BCUT2D eigenvalue weighted by molar-refractivity contribution is 0.0230. The molecular weight excluding hydrogens is 340 g/mol. The number of carbonyl (C=O) groups is 2. The highest BCUT2D eigenvalue weighted by molar-refractivity contribution is 5.88. The second kappa shape index (κ2) is 7.19. The largest absolute Gasteiger partial charge is 0.462 e. The van der Waals surface area contributed by atoms with E-state index in [0.717, 1.165) is 0 Å². The van der Waals surface area contributed by atoms with Crippen molar-refractivity contribution in [3.8, 4) is 0 Å². The van der Waals surface area contributed by atoms with Gasteiger partial charge >= 0.3 is 12.1 Å². The Balaban J connectivity index is 2.31. The van der Waals surface area contributed by atoms with Gasteiger partial charge in [0.05, 0.1) is 24.5 Å². The summed E-state index contributed by atoms with van der Waals surface area (Å²) in [4.78, 5) is 40.1. The number of fused-ring (bicyclic) bond motifs is 1. The van der Waals surface area contributed by atoms with E-state index in [0.29, 0.717) is 11.3 Å². The minimum atomic E-state index is -0.716. The highest BCUT2D eigenvalue weighted by Gasteiger charge is 2.25. The number of nitrogens with zero attached hydrogens (tertiary/aromatic N) is 3. The number of aromatic nitrogens is 3. The molecule has 0 aliphatic rings. The number of aromatic amines is 1. The monoisotopic (exact) mass is 364 g/mol. The summed E-state index contributed by atoms with van der Waals surface area (Å²) < 4.78 is 11.6. The molecule has 1 N–H and O–H groups in total. The molecule has 9 nitrogen and oxygen atoms in total. The van der Waals surface area contributed by atoms with Gasteiger partial charge in [-0.05, 0) is 34.6 Å².